The normalized spacial score (nSPS) is 16.0. The van der Waals surface area contributed by atoms with Gasteiger partial charge in [0, 0.05) is 18.4 Å². The number of nitrogens with one attached hydrogen (secondary N) is 1. The lowest BCUT2D eigenvalue weighted by atomic mass is 10.2. The third kappa shape index (κ3) is 2.01. The van der Waals surface area contributed by atoms with Gasteiger partial charge in [-0.2, -0.15) is 5.10 Å². The standard InChI is InChI=1S/C12H16N6/c13-10-11(17-9-4-1-2-5-9)14-8-15-12(10)18-7-3-6-16-18/h3,6-9H,1-2,4-5,13H2,(H,14,15,17). The fourth-order valence-electron chi connectivity index (χ4n) is 2.34. The number of nitrogen functional groups attached to an aromatic ring is 1. The molecule has 2 heterocycles. The molecule has 1 saturated carbocycles. The molecule has 0 bridgehead atoms. The molecule has 1 aliphatic carbocycles. The summed E-state index contributed by atoms with van der Waals surface area (Å²) in [5.74, 6) is 1.33. The van der Waals surface area contributed by atoms with Crippen molar-refractivity contribution >= 4 is 11.5 Å². The molecule has 0 radical (unpaired) electrons. The summed E-state index contributed by atoms with van der Waals surface area (Å²) in [6.07, 6.45) is 9.94. The number of rotatable bonds is 3. The number of hydrogen-bond donors (Lipinski definition) is 2. The first-order valence-corrected chi connectivity index (χ1v) is 6.21. The highest BCUT2D eigenvalue weighted by molar-refractivity contribution is 5.69. The van der Waals surface area contributed by atoms with Gasteiger partial charge in [0.15, 0.2) is 11.6 Å². The van der Waals surface area contributed by atoms with E-state index in [-0.39, 0.29) is 0 Å². The molecule has 3 N–H and O–H groups in total. The molecule has 0 amide bonds. The van der Waals surface area contributed by atoms with Gasteiger partial charge >= 0.3 is 0 Å². The fraction of sp³-hybridized carbons (Fsp3) is 0.417. The summed E-state index contributed by atoms with van der Waals surface area (Å²) in [6.45, 7) is 0. The Morgan fingerprint density at radius 2 is 2.11 bits per heavy atom. The summed E-state index contributed by atoms with van der Waals surface area (Å²) < 4.78 is 1.65. The van der Waals surface area contributed by atoms with Gasteiger partial charge in [-0.1, -0.05) is 12.8 Å². The van der Waals surface area contributed by atoms with Crippen molar-refractivity contribution in [2.75, 3.05) is 11.1 Å². The maximum Gasteiger partial charge on any atom is 0.181 e. The maximum atomic E-state index is 6.10. The lowest BCUT2D eigenvalue weighted by molar-refractivity contribution is 0.748. The maximum absolute atomic E-state index is 6.10. The predicted molar refractivity (Wildman–Crippen MR) is 69.4 cm³/mol. The Labute approximate surface area is 105 Å². The van der Waals surface area contributed by atoms with Crippen LogP contribution in [0.2, 0.25) is 0 Å². The predicted octanol–water partition coefficient (Wildman–Crippen LogP) is 1.60. The van der Waals surface area contributed by atoms with E-state index in [2.05, 4.69) is 20.4 Å². The van der Waals surface area contributed by atoms with E-state index in [1.165, 1.54) is 32.0 Å². The molecule has 2 aromatic heterocycles. The Hall–Kier alpha value is -2.11. The van der Waals surface area contributed by atoms with Crippen molar-refractivity contribution in [1.29, 1.82) is 0 Å². The zero-order valence-electron chi connectivity index (χ0n) is 10.1. The van der Waals surface area contributed by atoms with Gasteiger partial charge in [0.1, 0.15) is 12.0 Å². The lowest BCUT2D eigenvalue weighted by Gasteiger charge is -2.15. The first kappa shape index (κ1) is 11.0. The minimum Gasteiger partial charge on any atom is -0.393 e. The van der Waals surface area contributed by atoms with Crippen molar-refractivity contribution in [2.24, 2.45) is 0 Å². The van der Waals surface area contributed by atoms with Crippen LogP contribution in [0.5, 0.6) is 0 Å². The molecule has 2 aromatic rings. The van der Waals surface area contributed by atoms with E-state index in [4.69, 9.17) is 5.73 Å². The van der Waals surface area contributed by atoms with Crippen LogP contribution in [-0.2, 0) is 0 Å². The number of hydrogen-bond acceptors (Lipinski definition) is 5. The largest absolute Gasteiger partial charge is 0.393 e. The summed E-state index contributed by atoms with van der Waals surface area (Å²) in [4.78, 5) is 8.40. The molecular formula is C12H16N6. The van der Waals surface area contributed by atoms with Crippen molar-refractivity contribution < 1.29 is 0 Å². The smallest absolute Gasteiger partial charge is 0.181 e. The van der Waals surface area contributed by atoms with Gasteiger partial charge in [-0.15, -0.1) is 0 Å². The van der Waals surface area contributed by atoms with Gasteiger partial charge < -0.3 is 11.1 Å². The van der Waals surface area contributed by atoms with Crippen molar-refractivity contribution in [3.8, 4) is 5.82 Å². The average molecular weight is 244 g/mol. The summed E-state index contributed by atoms with van der Waals surface area (Å²) >= 11 is 0. The second-order valence-corrected chi connectivity index (χ2v) is 4.54. The molecule has 0 atom stereocenters. The van der Waals surface area contributed by atoms with E-state index in [1.807, 2.05) is 12.3 Å². The lowest BCUT2D eigenvalue weighted by Crippen LogP contribution is -2.18. The van der Waals surface area contributed by atoms with E-state index in [9.17, 15) is 0 Å². The van der Waals surface area contributed by atoms with Crippen LogP contribution in [0.1, 0.15) is 25.7 Å². The van der Waals surface area contributed by atoms with Crippen LogP contribution in [0.3, 0.4) is 0 Å². The van der Waals surface area contributed by atoms with Crippen LogP contribution in [0, 0.1) is 0 Å². The van der Waals surface area contributed by atoms with E-state index in [1.54, 1.807) is 10.9 Å². The highest BCUT2D eigenvalue weighted by Crippen LogP contribution is 2.26. The summed E-state index contributed by atoms with van der Waals surface area (Å²) in [5, 5.41) is 7.53. The Balaban J connectivity index is 1.89. The van der Waals surface area contributed by atoms with Gasteiger partial charge in [0.05, 0.1) is 0 Å². The molecule has 0 spiro atoms. The summed E-state index contributed by atoms with van der Waals surface area (Å²) in [7, 11) is 0. The number of nitrogens with two attached hydrogens (primary N) is 1. The van der Waals surface area contributed by atoms with Gasteiger partial charge in [-0.3, -0.25) is 0 Å². The van der Waals surface area contributed by atoms with Crippen molar-refractivity contribution in [3.05, 3.63) is 24.8 Å². The molecule has 6 heteroatoms. The molecule has 0 aliphatic heterocycles. The SMILES string of the molecule is Nc1c(NC2CCCC2)ncnc1-n1cccn1. The molecular weight excluding hydrogens is 228 g/mol. The summed E-state index contributed by atoms with van der Waals surface area (Å²) in [5.41, 5.74) is 6.65. The number of nitrogens with zero attached hydrogens (tertiary/aromatic N) is 4. The van der Waals surface area contributed by atoms with Gasteiger partial charge in [0.25, 0.3) is 0 Å². The first-order valence-electron chi connectivity index (χ1n) is 6.21. The fourth-order valence-corrected chi connectivity index (χ4v) is 2.34. The topological polar surface area (TPSA) is 81.6 Å². The van der Waals surface area contributed by atoms with Crippen LogP contribution >= 0.6 is 0 Å². The van der Waals surface area contributed by atoms with Crippen LogP contribution in [-0.4, -0.2) is 25.8 Å². The van der Waals surface area contributed by atoms with Crippen molar-refractivity contribution in [3.63, 3.8) is 0 Å². The molecule has 1 fully saturated rings. The highest BCUT2D eigenvalue weighted by atomic mass is 15.3. The Morgan fingerprint density at radius 3 is 2.83 bits per heavy atom. The molecule has 3 rings (SSSR count). The molecule has 94 valence electrons. The highest BCUT2D eigenvalue weighted by Gasteiger charge is 2.17. The summed E-state index contributed by atoms with van der Waals surface area (Å²) in [6, 6.07) is 2.32. The Kier molecular flexibility index (Phi) is 2.84. The minimum absolute atomic E-state index is 0.479. The third-order valence-corrected chi connectivity index (χ3v) is 3.28. The molecule has 0 aromatic carbocycles. The van der Waals surface area contributed by atoms with Gasteiger partial charge in [0.2, 0.25) is 0 Å². The van der Waals surface area contributed by atoms with Crippen LogP contribution in [0.4, 0.5) is 11.5 Å². The van der Waals surface area contributed by atoms with E-state index in [0.29, 0.717) is 23.4 Å². The molecule has 1 aliphatic rings. The minimum atomic E-state index is 0.479. The third-order valence-electron chi connectivity index (χ3n) is 3.28. The second kappa shape index (κ2) is 4.64. The molecule has 18 heavy (non-hydrogen) atoms. The van der Waals surface area contributed by atoms with Crippen LogP contribution in [0.25, 0.3) is 5.82 Å². The first-order chi connectivity index (χ1) is 8.84. The molecule has 0 saturated heterocycles. The Morgan fingerprint density at radius 1 is 1.28 bits per heavy atom. The number of anilines is 2. The van der Waals surface area contributed by atoms with Crippen LogP contribution < -0.4 is 11.1 Å². The molecule has 0 unspecified atom stereocenters. The van der Waals surface area contributed by atoms with E-state index >= 15 is 0 Å². The van der Waals surface area contributed by atoms with Crippen molar-refractivity contribution in [2.45, 2.75) is 31.7 Å². The van der Waals surface area contributed by atoms with Crippen molar-refractivity contribution in [1.82, 2.24) is 19.7 Å². The Bertz CT molecular complexity index is 515. The van der Waals surface area contributed by atoms with E-state index in [0.717, 1.165) is 0 Å². The second-order valence-electron chi connectivity index (χ2n) is 4.54. The number of aromatic nitrogens is 4. The average Bonchev–Trinajstić information content (AvgIpc) is 3.04. The van der Waals surface area contributed by atoms with Gasteiger partial charge in [-0.05, 0) is 18.9 Å². The quantitative estimate of drug-likeness (QED) is 0.857. The monoisotopic (exact) mass is 244 g/mol. The van der Waals surface area contributed by atoms with Gasteiger partial charge in [-0.25, -0.2) is 14.6 Å². The molecule has 6 nitrogen and oxygen atoms in total. The zero-order valence-corrected chi connectivity index (χ0v) is 10.1. The zero-order chi connectivity index (χ0) is 12.4. The van der Waals surface area contributed by atoms with Crippen LogP contribution in [0.15, 0.2) is 24.8 Å². The van der Waals surface area contributed by atoms with E-state index < -0.39 is 0 Å².